The Morgan fingerprint density at radius 3 is 2.22 bits per heavy atom. The number of imidazole rings is 1. The monoisotopic (exact) mass is 340 g/mol. The van der Waals surface area contributed by atoms with Crippen molar-refractivity contribution in [3.05, 3.63) is 26.1 Å². The second kappa shape index (κ2) is 7.81. The minimum Gasteiger partial charge on any atom is -0.309 e. The Bertz CT molecular complexity index is 788. The lowest BCUT2D eigenvalue weighted by atomic mass is 10.1. The smallest absolute Gasteiger partial charge is 0.309 e. The molecule has 0 spiro atoms. The quantitative estimate of drug-likeness (QED) is 0.548. The van der Waals surface area contributed by atoms with E-state index in [1.54, 1.807) is 11.6 Å². The summed E-state index contributed by atoms with van der Waals surface area (Å²) in [4.78, 5) is 28.5. The van der Waals surface area contributed by atoms with Gasteiger partial charge in [0.15, 0.2) is 11.2 Å². The number of rotatable bonds is 8. The van der Waals surface area contributed by atoms with E-state index in [2.05, 4.69) is 11.9 Å². The Morgan fingerprint density at radius 2 is 1.57 bits per heavy atom. The topological polar surface area (TPSA) is 61.8 Å². The molecule has 2 aromatic heterocycles. The number of aryl methyl sites for hydroxylation is 2. The van der Waals surface area contributed by atoms with Gasteiger partial charge in [-0.2, -0.15) is 4.98 Å². The van der Waals surface area contributed by atoms with E-state index in [1.165, 1.54) is 43.7 Å². The van der Waals surface area contributed by atoms with Crippen molar-refractivity contribution in [2.75, 3.05) is 0 Å². The van der Waals surface area contributed by atoms with Crippen molar-refractivity contribution in [1.82, 2.24) is 18.7 Å². The third-order valence-corrected chi connectivity index (χ3v) is 4.58. The van der Waals surface area contributed by atoms with Crippen LogP contribution in [0.4, 0.5) is 0 Å². The second-order valence-electron chi connectivity index (χ2n) is 6.03. The van der Waals surface area contributed by atoms with Crippen LogP contribution in [0, 0.1) is 0 Å². The van der Waals surface area contributed by atoms with Crippen LogP contribution < -0.4 is 11.2 Å². The molecule has 0 saturated carbocycles. The van der Waals surface area contributed by atoms with Gasteiger partial charge in [0, 0.05) is 20.6 Å². The Labute approximate surface area is 140 Å². The lowest BCUT2D eigenvalue weighted by Crippen LogP contribution is -2.37. The molecule has 0 N–H and O–H groups in total. The number of hydrogen-bond acceptors (Lipinski definition) is 3. The van der Waals surface area contributed by atoms with E-state index in [-0.39, 0.29) is 16.5 Å². The summed E-state index contributed by atoms with van der Waals surface area (Å²) < 4.78 is 4.19. The number of hydrogen-bond donors (Lipinski definition) is 0. The molecule has 0 fully saturated rings. The third-order valence-electron chi connectivity index (χ3n) is 4.29. The van der Waals surface area contributed by atoms with Gasteiger partial charge in [0.1, 0.15) is 0 Å². The normalized spacial score (nSPS) is 11.5. The molecule has 0 amide bonds. The summed E-state index contributed by atoms with van der Waals surface area (Å²) in [5, 5.41) is 0.268. The highest BCUT2D eigenvalue weighted by atomic mass is 35.5. The number of nitrogens with zero attached hydrogens (tertiary/aromatic N) is 4. The van der Waals surface area contributed by atoms with Gasteiger partial charge in [-0.25, -0.2) is 4.79 Å². The Balaban J connectivity index is 2.14. The summed E-state index contributed by atoms with van der Waals surface area (Å²) in [7, 11) is 3.08. The highest BCUT2D eigenvalue weighted by Gasteiger charge is 2.17. The summed E-state index contributed by atoms with van der Waals surface area (Å²) in [6, 6.07) is 0. The molecule has 0 saturated heterocycles. The van der Waals surface area contributed by atoms with Crippen molar-refractivity contribution in [2.45, 2.75) is 58.4 Å². The molecule has 0 aliphatic heterocycles. The van der Waals surface area contributed by atoms with Gasteiger partial charge >= 0.3 is 5.69 Å². The number of unbranched alkanes of at least 4 members (excludes halogenated alkanes) is 6. The molecule has 128 valence electrons. The Hall–Kier alpha value is -1.56. The van der Waals surface area contributed by atoms with Gasteiger partial charge in [0.25, 0.3) is 5.56 Å². The van der Waals surface area contributed by atoms with E-state index in [0.717, 1.165) is 17.4 Å². The van der Waals surface area contributed by atoms with Gasteiger partial charge in [-0.1, -0.05) is 45.4 Å². The fourth-order valence-electron chi connectivity index (χ4n) is 2.85. The summed E-state index contributed by atoms with van der Waals surface area (Å²) in [6.07, 6.45) is 8.33. The highest BCUT2D eigenvalue weighted by molar-refractivity contribution is 6.29. The molecule has 23 heavy (non-hydrogen) atoms. The van der Waals surface area contributed by atoms with Gasteiger partial charge in [-0.15, -0.1) is 0 Å². The molecule has 2 rings (SSSR count). The van der Waals surface area contributed by atoms with Crippen LogP contribution in [0.1, 0.15) is 51.9 Å². The molecular weight excluding hydrogens is 316 g/mol. The van der Waals surface area contributed by atoms with Crippen LogP contribution in [0.25, 0.3) is 11.2 Å². The van der Waals surface area contributed by atoms with Gasteiger partial charge < -0.3 is 4.57 Å². The molecule has 2 heterocycles. The van der Waals surface area contributed by atoms with E-state index in [9.17, 15) is 9.59 Å². The van der Waals surface area contributed by atoms with Gasteiger partial charge in [-0.05, 0) is 18.0 Å². The van der Waals surface area contributed by atoms with Crippen molar-refractivity contribution >= 4 is 22.8 Å². The maximum atomic E-state index is 12.4. The van der Waals surface area contributed by atoms with Gasteiger partial charge in [0.2, 0.25) is 5.28 Å². The summed E-state index contributed by atoms with van der Waals surface area (Å²) in [6.45, 7) is 2.86. The first kappa shape index (κ1) is 17.8. The molecule has 0 bridgehead atoms. The molecule has 6 nitrogen and oxygen atoms in total. The Morgan fingerprint density at radius 1 is 0.957 bits per heavy atom. The van der Waals surface area contributed by atoms with Crippen molar-refractivity contribution in [3.8, 4) is 0 Å². The molecule has 0 aliphatic rings. The maximum Gasteiger partial charge on any atom is 0.332 e. The van der Waals surface area contributed by atoms with Crippen molar-refractivity contribution in [1.29, 1.82) is 0 Å². The van der Waals surface area contributed by atoms with E-state index >= 15 is 0 Å². The molecule has 2 aromatic rings. The first-order chi connectivity index (χ1) is 11.0. The second-order valence-corrected chi connectivity index (χ2v) is 6.37. The average molecular weight is 341 g/mol. The van der Waals surface area contributed by atoms with Crippen LogP contribution >= 0.6 is 11.6 Å². The maximum absolute atomic E-state index is 12.4. The van der Waals surface area contributed by atoms with Crippen LogP contribution in [0.5, 0.6) is 0 Å². The zero-order valence-electron chi connectivity index (χ0n) is 14.1. The summed E-state index contributed by atoms with van der Waals surface area (Å²) in [5.41, 5.74) is 0.0295. The molecular formula is C16H25ClN4O2. The lowest BCUT2D eigenvalue weighted by molar-refractivity contribution is 0.554. The molecule has 0 radical (unpaired) electrons. The molecule has 7 heteroatoms. The van der Waals surface area contributed by atoms with Crippen LogP contribution in [0.15, 0.2) is 9.59 Å². The van der Waals surface area contributed by atoms with E-state index in [4.69, 9.17) is 11.6 Å². The van der Waals surface area contributed by atoms with Crippen LogP contribution in [0.2, 0.25) is 5.28 Å². The molecule has 0 aliphatic carbocycles. The zero-order chi connectivity index (χ0) is 17.0. The fraction of sp³-hybridized carbons (Fsp3) is 0.688. The number of halogens is 1. The first-order valence-corrected chi connectivity index (χ1v) is 8.68. The summed E-state index contributed by atoms with van der Waals surface area (Å²) in [5.74, 6) is 0. The SMILES string of the molecule is CCCCCCCCCn1c(Cl)nc2c1c(=O)n(C)c(=O)n2C. The fourth-order valence-corrected chi connectivity index (χ4v) is 3.10. The predicted octanol–water partition coefficient (Wildman–Crippen LogP) is 2.84. The standard InChI is InChI=1S/C16H25ClN4O2/c1-4-5-6-7-8-9-10-11-21-12-13(18-15(21)17)19(2)16(23)20(3)14(12)22/h4-11H2,1-3H3. The highest BCUT2D eigenvalue weighted by Crippen LogP contribution is 2.17. The van der Waals surface area contributed by atoms with E-state index in [1.807, 2.05) is 0 Å². The average Bonchev–Trinajstić information content (AvgIpc) is 2.87. The van der Waals surface area contributed by atoms with Crippen LogP contribution in [0.3, 0.4) is 0 Å². The molecule has 0 aromatic carbocycles. The Kier molecular flexibility index (Phi) is 6.04. The largest absolute Gasteiger partial charge is 0.332 e. The van der Waals surface area contributed by atoms with Crippen molar-refractivity contribution in [3.63, 3.8) is 0 Å². The number of aromatic nitrogens is 4. The van der Waals surface area contributed by atoms with Gasteiger partial charge in [0.05, 0.1) is 0 Å². The summed E-state index contributed by atoms with van der Waals surface area (Å²) >= 11 is 6.19. The van der Waals surface area contributed by atoms with Crippen molar-refractivity contribution in [2.24, 2.45) is 14.1 Å². The van der Waals surface area contributed by atoms with Gasteiger partial charge in [-0.3, -0.25) is 13.9 Å². The van der Waals surface area contributed by atoms with E-state index < -0.39 is 0 Å². The molecule has 0 atom stereocenters. The first-order valence-electron chi connectivity index (χ1n) is 8.30. The third kappa shape index (κ3) is 3.68. The molecule has 0 unspecified atom stereocenters. The number of fused-ring (bicyclic) bond motifs is 1. The minimum atomic E-state index is -0.389. The van der Waals surface area contributed by atoms with Crippen LogP contribution in [-0.2, 0) is 20.6 Å². The predicted molar refractivity (Wildman–Crippen MR) is 93.2 cm³/mol. The lowest BCUT2D eigenvalue weighted by Gasteiger charge is -2.07. The van der Waals surface area contributed by atoms with Crippen LogP contribution in [-0.4, -0.2) is 18.7 Å². The van der Waals surface area contributed by atoms with Crippen molar-refractivity contribution < 1.29 is 0 Å². The zero-order valence-corrected chi connectivity index (χ0v) is 14.9. The minimum absolute atomic E-state index is 0.268. The van der Waals surface area contributed by atoms with E-state index in [0.29, 0.717) is 17.7 Å².